The van der Waals surface area contributed by atoms with Gasteiger partial charge in [0.05, 0.1) is 21.2 Å². The molecule has 3 aromatic rings. The summed E-state index contributed by atoms with van der Waals surface area (Å²) in [5.74, 6) is -0.925. The summed E-state index contributed by atoms with van der Waals surface area (Å²) in [7, 11) is -4.05. The predicted molar refractivity (Wildman–Crippen MR) is 109 cm³/mol. The number of benzene rings is 2. The fourth-order valence-electron chi connectivity index (χ4n) is 3.39. The smallest absolute Gasteiger partial charge is 0.274 e. The summed E-state index contributed by atoms with van der Waals surface area (Å²) in [4.78, 5) is 11.2. The summed E-state index contributed by atoms with van der Waals surface area (Å²) in [6.45, 7) is 2.70. The third-order valence-corrected chi connectivity index (χ3v) is 7.37. The van der Waals surface area contributed by atoms with Crippen molar-refractivity contribution in [3.63, 3.8) is 0 Å². The molecule has 1 aromatic heterocycles. The monoisotopic (exact) mass is 467 g/mol. The van der Waals surface area contributed by atoms with Crippen molar-refractivity contribution in [3.8, 4) is 16.9 Å². The molecular weight excluding hydrogens is 451 g/mol. The van der Waals surface area contributed by atoms with Crippen LogP contribution in [0, 0.1) is 12.7 Å². The van der Waals surface area contributed by atoms with Crippen LogP contribution in [0.5, 0.6) is 0 Å². The van der Waals surface area contributed by atoms with Gasteiger partial charge >= 0.3 is 0 Å². The molecule has 0 fully saturated rings. The lowest BCUT2D eigenvalue weighted by Gasteiger charge is -2.20. The number of aromatic nitrogens is 2. The first-order valence-corrected chi connectivity index (χ1v) is 11.5. The van der Waals surface area contributed by atoms with E-state index in [1.54, 1.807) is 19.1 Å². The molecule has 2 heterocycles. The number of alkyl halides is 2. The summed E-state index contributed by atoms with van der Waals surface area (Å²) >= 11 is 1.09. The molecule has 2 aromatic carbocycles. The number of thioether (sulfide) groups is 1. The third-order valence-electron chi connectivity index (χ3n) is 4.80. The summed E-state index contributed by atoms with van der Waals surface area (Å²) < 4.78 is 69.4. The Balaban J connectivity index is 1.87. The van der Waals surface area contributed by atoms with Gasteiger partial charge in [0, 0.05) is 23.8 Å². The van der Waals surface area contributed by atoms with Crippen LogP contribution < -0.4 is 4.72 Å². The van der Waals surface area contributed by atoms with Gasteiger partial charge in [-0.3, -0.25) is 4.79 Å². The van der Waals surface area contributed by atoms with Gasteiger partial charge in [0.2, 0.25) is 5.91 Å². The van der Waals surface area contributed by atoms with Crippen LogP contribution in [0.1, 0.15) is 30.2 Å². The highest BCUT2D eigenvalue weighted by atomic mass is 32.2. The zero-order chi connectivity index (χ0) is 22.5. The second kappa shape index (κ2) is 7.72. The van der Waals surface area contributed by atoms with Crippen molar-refractivity contribution in [1.82, 2.24) is 14.5 Å². The minimum Gasteiger partial charge on any atom is -0.274 e. The molecule has 0 aliphatic carbocycles. The number of hydrogen-bond donors (Lipinski definition) is 1. The van der Waals surface area contributed by atoms with Gasteiger partial charge in [-0.25, -0.2) is 31.0 Å². The summed E-state index contributed by atoms with van der Waals surface area (Å²) in [6.07, 6.45) is -2.83. The second-order valence-corrected chi connectivity index (χ2v) is 9.61. The van der Waals surface area contributed by atoms with E-state index in [0.29, 0.717) is 28.1 Å². The van der Waals surface area contributed by atoms with Crippen molar-refractivity contribution in [2.24, 2.45) is 0 Å². The predicted octanol–water partition coefficient (Wildman–Crippen LogP) is 4.35. The van der Waals surface area contributed by atoms with Gasteiger partial charge < -0.3 is 0 Å². The maximum Gasteiger partial charge on any atom is 0.283 e. The van der Waals surface area contributed by atoms with E-state index < -0.39 is 33.9 Å². The standard InChI is InChI=1S/C20H16F3N3O3S2/c1-10-3-8-14-15(16(10)21)9-30-19-17(20(22)23)24-26(18(14)19)12-4-6-13(7-5-12)31(28,29)25-11(2)27/h3-8,20H,9H2,1-2H3,(H,25,27). The molecule has 162 valence electrons. The van der Waals surface area contributed by atoms with E-state index >= 15 is 0 Å². The van der Waals surface area contributed by atoms with Crippen molar-refractivity contribution in [1.29, 1.82) is 0 Å². The molecule has 1 N–H and O–H groups in total. The molecule has 1 aliphatic heterocycles. The zero-order valence-corrected chi connectivity index (χ0v) is 18.0. The molecule has 4 rings (SSSR count). The molecule has 6 nitrogen and oxygen atoms in total. The highest BCUT2D eigenvalue weighted by molar-refractivity contribution is 7.98. The van der Waals surface area contributed by atoms with Crippen molar-refractivity contribution in [3.05, 3.63) is 59.0 Å². The first-order chi connectivity index (χ1) is 14.6. The van der Waals surface area contributed by atoms with Crippen LogP contribution in [0.4, 0.5) is 13.2 Å². The van der Waals surface area contributed by atoms with E-state index in [1.807, 2.05) is 4.72 Å². The zero-order valence-electron chi connectivity index (χ0n) is 16.3. The maximum atomic E-state index is 14.7. The van der Waals surface area contributed by atoms with Crippen molar-refractivity contribution in [2.45, 2.75) is 35.8 Å². The highest BCUT2D eigenvalue weighted by Gasteiger charge is 2.32. The number of carbonyl (C=O) groups excluding carboxylic acids is 1. The Bertz CT molecular complexity index is 1300. The van der Waals surface area contributed by atoms with E-state index in [9.17, 15) is 26.4 Å². The Morgan fingerprint density at radius 2 is 1.87 bits per heavy atom. The number of aryl methyl sites for hydroxylation is 1. The van der Waals surface area contributed by atoms with E-state index in [1.165, 1.54) is 28.9 Å². The van der Waals surface area contributed by atoms with Gasteiger partial charge in [0.15, 0.2) is 0 Å². The molecule has 11 heteroatoms. The average Bonchev–Trinajstić information content (AvgIpc) is 3.10. The first kappa shape index (κ1) is 21.4. The Kier molecular flexibility index (Phi) is 5.34. The molecule has 1 aliphatic rings. The lowest BCUT2D eigenvalue weighted by atomic mass is 10.0. The largest absolute Gasteiger partial charge is 0.283 e. The topological polar surface area (TPSA) is 81.1 Å². The molecule has 0 spiro atoms. The quantitative estimate of drug-likeness (QED) is 0.617. The van der Waals surface area contributed by atoms with Gasteiger partial charge in [-0.1, -0.05) is 12.1 Å². The Hall–Kier alpha value is -2.79. The molecule has 0 unspecified atom stereocenters. The minimum atomic E-state index is -4.05. The van der Waals surface area contributed by atoms with E-state index in [0.717, 1.165) is 18.7 Å². The summed E-state index contributed by atoms with van der Waals surface area (Å²) in [6, 6.07) is 8.51. The van der Waals surface area contributed by atoms with Gasteiger partial charge in [-0.05, 0) is 36.8 Å². The van der Waals surface area contributed by atoms with Crippen molar-refractivity contribution >= 4 is 27.7 Å². The number of sulfonamides is 1. The Morgan fingerprint density at radius 3 is 2.48 bits per heavy atom. The molecule has 0 bridgehead atoms. The van der Waals surface area contributed by atoms with Gasteiger partial charge in [-0.15, -0.1) is 11.8 Å². The number of rotatable bonds is 4. The molecule has 0 radical (unpaired) electrons. The number of nitrogens with zero attached hydrogens (tertiary/aromatic N) is 2. The number of fused-ring (bicyclic) bond motifs is 3. The van der Waals surface area contributed by atoms with Gasteiger partial charge in [-0.2, -0.15) is 5.10 Å². The fourth-order valence-corrected chi connectivity index (χ4v) is 5.56. The van der Waals surface area contributed by atoms with Crippen LogP contribution in [0.25, 0.3) is 16.9 Å². The summed E-state index contributed by atoms with van der Waals surface area (Å²) in [5, 5.41) is 4.06. The normalized spacial score (nSPS) is 13.1. The van der Waals surface area contributed by atoms with Gasteiger partial charge in [0.25, 0.3) is 16.4 Å². The molecule has 0 atom stereocenters. The van der Waals surface area contributed by atoms with Crippen LogP contribution in [-0.4, -0.2) is 24.1 Å². The molecule has 0 saturated carbocycles. The van der Waals surface area contributed by atoms with Crippen molar-refractivity contribution < 1.29 is 26.4 Å². The number of halogens is 3. The number of nitrogens with one attached hydrogen (secondary N) is 1. The van der Waals surface area contributed by atoms with E-state index in [4.69, 9.17) is 0 Å². The average molecular weight is 467 g/mol. The van der Waals surface area contributed by atoms with Crippen LogP contribution in [-0.2, 0) is 20.6 Å². The lowest BCUT2D eigenvalue weighted by Crippen LogP contribution is -2.28. The SMILES string of the molecule is CC(=O)NS(=O)(=O)c1ccc(-n2nc(C(F)F)c3c2-c2ccc(C)c(F)c2CS3)cc1. The number of hydrogen-bond acceptors (Lipinski definition) is 5. The fraction of sp³-hybridized carbons (Fsp3) is 0.200. The lowest BCUT2D eigenvalue weighted by molar-refractivity contribution is -0.117. The maximum absolute atomic E-state index is 14.7. The highest BCUT2D eigenvalue weighted by Crippen LogP contribution is 2.47. The van der Waals surface area contributed by atoms with E-state index in [2.05, 4.69) is 5.10 Å². The van der Waals surface area contributed by atoms with Crippen LogP contribution in [0.15, 0.2) is 46.2 Å². The molecule has 0 saturated heterocycles. The van der Waals surface area contributed by atoms with Crippen LogP contribution in [0.2, 0.25) is 0 Å². The van der Waals surface area contributed by atoms with Crippen LogP contribution >= 0.6 is 11.8 Å². The first-order valence-electron chi connectivity index (χ1n) is 9.06. The molecular formula is C20H16F3N3O3S2. The number of amides is 1. The van der Waals surface area contributed by atoms with Crippen LogP contribution in [0.3, 0.4) is 0 Å². The Morgan fingerprint density at radius 1 is 1.19 bits per heavy atom. The third kappa shape index (κ3) is 3.72. The van der Waals surface area contributed by atoms with E-state index in [-0.39, 0.29) is 15.5 Å². The minimum absolute atomic E-state index is 0.169. The second-order valence-electron chi connectivity index (χ2n) is 6.94. The summed E-state index contributed by atoms with van der Waals surface area (Å²) in [5.41, 5.74) is 1.56. The number of carbonyl (C=O) groups is 1. The molecule has 1 amide bonds. The Labute approximate surface area is 180 Å². The van der Waals surface area contributed by atoms with Gasteiger partial charge in [0.1, 0.15) is 11.5 Å². The molecule has 31 heavy (non-hydrogen) atoms. The van der Waals surface area contributed by atoms with Crippen molar-refractivity contribution in [2.75, 3.05) is 0 Å².